The van der Waals surface area contributed by atoms with Gasteiger partial charge in [-0.05, 0) is 50.1 Å². The molecule has 3 nitrogen and oxygen atoms in total. The second-order valence-corrected chi connectivity index (χ2v) is 6.99. The van der Waals surface area contributed by atoms with Gasteiger partial charge < -0.3 is 4.90 Å². The van der Waals surface area contributed by atoms with Crippen LogP contribution in [0.3, 0.4) is 0 Å². The van der Waals surface area contributed by atoms with Gasteiger partial charge in [-0.1, -0.05) is 41.4 Å². The zero-order valence-electron chi connectivity index (χ0n) is 14.4. The summed E-state index contributed by atoms with van der Waals surface area (Å²) in [5.74, 6) is 0.152. The number of aryl methyl sites for hydroxylation is 2. The van der Waals surface area contributed by atoms with E-state index in [-0.39, 0.29) is 11.9 Å². The van der Waals surface area contributed by atoms with E-state index in [1.165, 1.54) is 11.1 Å². The van der Waals surface area contributed by atoms with Crippen molar-refractivity contribution in [1.82, 2.24) is 4.90 Å². The van der Waals surface area contributed by atoms with Gasteiger partial charge in [0.15, 0.2) is 0 Å². The molecule has 1 heterocycles. The average molecular weight is 343 g/mol. The summed E-state index contributed by atoms with van der Waals surface area (Å²) in [6.07, 6.45) is 0. The van der Waals surface area contributed by atoms with Crippen molar-refractivity contribution in [3.8, 4) is 0 Å². The number of piperazine rings is 1. The SMILES string of the molecule is Cc1cccc(CN2CCN(c3ccc(Cl)cc3C)C(=O)[C@H]2C)c1. The molecule has 3 rings (SSSR count). The van der Waals surface area contributed by atoms with Crippen LogP contribution in [0.2, 0.25) is 5.02 Å². The van der Waals surface area contributed by atoms with E-state index in [1.807, 2.05) is 36.9 Å². The van der Waals surface area contributed by atoms with Gasteiger partial charge in [0.25, 0.3) is 0 Å². The standard InChI is InChI=1S/C20H23ClN2O/c1-14-5-4-6-17(11-14)13-22-9-10-23(20(24)16(22)3)19-8-7-18(21)12-15(19)2/h4-8,11-12,16H,9-10,13H2,1-3H3/t16-/m1/s1. The van der Waals surface area contributed by atoms with Crippen molar-refractivity contribution in [2.45, 2.75) is 33.4 Å². The Hall–Kier alpha value is -1.84. The van der Waals surface area contributed by atoms with Crippen LogP contribution in [-0.4, -0.2) is 29.9 Å². The van der Waals surface area contributed by atoms with Crippen LogP contribution in [0.5, 0.6) is 0 Å². The van der Waals surface area contributed by atoms with Gasteiger partial charge in [0.2, 0.25) is 5.91 Å². The number of anilines is 1. The molecule has 1 fully saturated rings. The van der Waals surface area contributed by atoms with Crippen molar-refractivity contribution in [2.24, 2.45) is 0 Å². The first-order valence-electron chi connectivity index (χ1n) is 8.33. The summed E-state index contributed by atoms with van der Waals surface area (Å²) in [6.45, 7) is 8.47. The quantitative estimate of drug-likeness (QED) is 0.834. The lowest BCUT2D eigenvalue weighted by molar-refractivity contribution is -0.125. The maximum atomic E-state index is 12.9. The van der Waals surface area contributed by atoms with Crippen molar-refractivity contribution in [1.29, 1.82) is 0 Å². The molecule has 1 aliphatic heterocycles. The Labute approximate surface area is 148 Å². The molecule has 2 aromatic carbocycles. The second kappa shape index (κ2) is 6.96. The van der Waals surface area contributed by atoms with E-state index >= 15 is 0 Å². The number of benzene rings is 2. The van der Waals surface area contributed by atoms with E-state index in [1.54, 1.807) is 0 Å². The molecule has 0 radical (unpaired) electrons. The lowest BCUT2D eigenvalue weighted by atomic mass is 10.1. The lowest BCUT2D eigenvalue weighted by Gasteiger charge is -2.39. The second-order valence-electron chi connectivity index (χ2n) is 6.56. The van der Waals surface area contributed by atoms with Crippen LogP contribution in [0.4, 0.5) is 5.69 Å². The third kappa shape index (κ3) is 3.47. The van der Waals surface area contributed by atoms with Crippen molar-refractivity contribution >= 4 is 23.2 Å². The fraction of sp³-hybridized carbons (Fsp3) is 0.350. The molecule has 4 heteroatoms. The molecular formula is C20H23ClN2O. The highest BCUT2D eigenvalue weighted by molar-refractivity contribution is 6.30. The summed E-state index contributed by atoms with van der Waals surface area (Å²) in [5.41, 5.74) is 4.51. The summed E-state index contributed by atoms with van der Waals surface area (Å²) in [7, 11) is 0. The molecule has 0 aliphatic carbocycles. The first-order chi connectivity index (χ1) is 11.5. The molecule has 126 valence electrons. The summed E-state index contributed by atoms with van der Waals surface area (Å²) < 4.78 is 0. The van der Waals surface area contributed by atoms with Crippen molar-refractivity contribution in [3.63, 3.8) is 0 Å². The fourth-order valence-corrected chi connectivity index (χ4v) is 3.56. The minimum absolute atomic E-state index is 0.130. The number of halogens is 1. The number of hydrogen-bond donors (Lipinski definition) is 0. The van der Waals surface area contributed by atoms with Crippen molar-refractivity contribution < 1.29 is 4.79 Å². The average Bonchev–Trinajstić information content (AvgIpc) is 2.53. The molecule has 0 spiro atoms. The number of nitrogens with zero attached hydrogens (tertiary/aromatic N) is 2. The highest BCUT2D eigenvalue weighted by Gasteiger charge is 2.32. The monoisotopic (exact) mass is 342 g/mol. The Morgan fingerprint density at radius 2 is 1.92 bits per heavy atom. The topological polar surface area (TPSA) is 23.6 Å². The summed E-state index contributed by atoms with van der Waals surface area (Å²) in [5, 5.41) is 0.704. The van der Waals surface area contributed by atoms with Crippen LogP contribution in [-0.2, 0) is 11.3 Å². The van der Waals surface area contributed by atoms with Crippen molar-refractivity contribution in [2.75, 3.05) is 18.0 Å². The summed E-state index contributed by atoms with van der Waals surface area (Å²) >= 11 is 6.04. The molecule has 0 unspecified atom stereocenters. The van der Waals surface area contributed by atoms with Gasteiger partial charge in [0.1, 0.15) is 0 Å². The Morgan fingerprint density at radius 1 is 1.12 bits per heavy atom. The fourth-order valence-electron chi connectivity index (χ4n) is 3.34. The first-order valence-corrected chi connectivity index (χ1v) is 8.70. The molecule has 1 aliphatic rings. The van der Waals surface area contributed by atoms with Gasteiger partial charge in [-0.25, -0.2) is 0 Å². The lowest BCUT2D eigenvalue weighted by Crippen LogP contribution is -2.55. The van der Waals surface area contributed by atoms with E-state index in [2.05, 4.69) is 36.1 Å². The number of amides is 1. The molecule has 0 saturated carbocycles. The number of rotatable bonds is 3. The van der Waals surface area contributed by atoms with Crippen LogP contribution in [0.1, 0.15) is 23.6 Å². The van der Waals surface area contributed by atoms with E-state index in [0.29, 0.717) is 11.6 Å². The molecule has 0 N–H and O–H groups in total. The molecule has 0 bridgehead atoms. The van der Waals surface area contributed by atoms with Gasteiger partial charge in [0, 0.05) is 30.3 Å². The number of carbonyl (C=O) groups is 1. The Morgan fingerprint density at radius 3 is 2.62 bits per heavy atom. The molecule has 1 atom stereocenters. The number of hydrogen-bond acceptors (Lipinski definition) is 2. The summed E-state index contributed by atoms with van der Waals surface area (Å²) in [6, 6.07) is 14.1. The van der Waals surface area contributed by atoms with Gasteiger partial charge in [0.05, 0.1) is 6.04 Å². The van der Waals surface area contributed by atoms with E-state index in [0.717, 1.165) is 24.3 Å². The predicted molar refractivity (Wildman–Crippen MR) is 99.6 cm³/mol. The predicted octanol–water partition coefficient (Wildman–Crippen LogP) is 4.19. The zero-order chi connectivity index (χ0) is 17.3. The number of carbonyl (C=O) groups excluding carboxylic acids is 1. The molecule has 1 amide bonds. The third-order valence-electron chi connectivity index (χ3n) is 4.70. The first kappa shape index (κ1) is 17.0. The zero-order valence-corrected chi connectivity index (χ0v) is 15.2. The van der Waals surface area contributed by atoms with E-state index in [9.17, 15) is 4.79 Å². The largest absolute Gasteiger partial charge is 0.310 e. The van der Waals surface area contributed by atoms with Crippen molar-refractivity contribution in [3.05, 3.63) is 64.2 Å². The highest BCUT2D eigenvalue weighted by atomic mass is 35.5. The maximum Gasteiger partial charge on any atom is 0.244 e. The molecule has 0 aromatic heterocycles. The van der Waals surface area contributed by atoms with E-state index < -0.39 is 0 Å². The van der Waals surface area contributed by atoms with Crippen LogP contribution >= 0.6 is 11.6 Å². The van der Waals surface area contributed by atoms with Gasteiger partial charge in [-0.15, -0.1) is 0 Å². The molecule has 24 heavy (non-hydrogen) atoms. The summed E-state index contributed by atoms with van der Waals surface area (Å²) in [4.78, 5) is 17.0. The normalized spacial score (nSPS) is 18.9. The Bertz CT molecular complexity index is 759. The minimum Gasteiger partial charge on any atom is -0.310 e. The van der Waals surface area contributed by atoms with Crippen LogP contribution < -0.4 is 4.90 Å². The van der Waals surface area contributed by atoms with Crippen LogP contribution in [0.25, 0.3) is 0 Å². The highest BCUT2D eigenvalue weighted by Crippen LogP contribution is 2.27. The van der Waals surface area contributed by atoms with Gasteiger partial charge >= 0.3 is 0 Å². The van der Waals surface area contributed by atoms with Gasteiger partial charge in [-0.3, -0.25) is 9.69 Å². The van der Waals surface area contributed by atoms with Crippen LogP contribution in [0, 0.1) is 13.8 Å². The maximum absolute atomic E-state index is 12.9. The van der Waals surface area contributed by atoms with Gasteiger partial charge in [-0.2, -0.15) is 0 Å². The Kier molecular flexibility index (Phi) is 4.93. The van der Waals surface area contributed by atoms with E-state index in [4.69, 9.17) is 11.6 Å². The minimum atomic E-state index is -0.130. The van der Waals surface area contributed by atoms with Crippen LogP contribution in [0.15, 0.2) is 42.5 Å². The molecular weight excluding hydrogens is 320 g/mol. The smallest absolute Gasteiger partial charge is 0.244 e. The molecule has 1 saturated heterocycles. The molecule has 2 aromatic rings. The third-order valence-corrected chi connectivity index (χ3v) is 4.93. The Balaban J connectivity index is 1.76.